The molecule has 1 aliphatic heterocycles. The van der Waals surface area contributed by atoms with E-state index in [4.69, 9.17) is 10.5 Å². The molecule has 2 fully saturated rings. The lowest BCUT2D eigenvalue weighted by atomic mass is 10.3. The van der Waals surface area contributed by atoms with Gasteiger partial charge in [-0.3, -0.25) is 4.79 Å². The number of ether oxygens (including phenoxy) is 1. The molecule has 0 amide bonds. The van der Waals surface area contributed by atoms with Crippen LogP contribution in [0.4, 0.5) is 20.3 Å². The summed E-state index contributed by atoms with van der Waals surface area (Å²) < 4.78 is 62.2. The Morgan fingerprint density at radius 1 is 1.11 bits per heavy atom. The van der Waals surface area contributed by atoms with Crippen molar-refractivity contribution in [3.05, 3.63) is 70.3 Å². The molecule has 13 heteroatoms. The molecular weight excluding hydrogens is 506 g/mol. The molecule has 37 heavy (non-hydrogen) atoms. The first-order valence-electron chi connectivity index (χ1n) is 11.9. The van der Waals surface area contributed by atoms with Crippen LogP contribution in [0.3, 0.4) is 0 Å². The Bertz CT molecular complexity index is 1460. The molecular formula is C24H26F2N6O4S. The van der Waals surface area contributed by atoms with Crippen molar-refractivity contribution in [3.8, 4) is 11.4 Å². The number of nitrogen functional groups attached to an aromatic ring is 1. The number of nitrogens with two attached hydrogens (primary N) is 1. The van der Waals surface area contributed by atoms with Gasteiger partial charge in [-0.2, -0.15) is 14.1 Å². The van der Waals surface area contributed by atoms with Crippen LogP contribution >= 0.6 is 0 Å². The summed E-state index contributed by atoms with van der Waals surface area (Å²) >= 11 is 0. The predicted octanol–water partition coefficient (Wildman–Crippen LogP) is 2.42. The lowest BCUT2D eigenvalue weighted by Crippen LogP contribution is -2.34. The smallest absolute Gasteiger partial charge is 0.316 e. The molecule has 3 heterocycles. The van der Waals surface area contributed by atoms with E-state index in [1.165, 1.54) is 16.7 Å². The fourth-order valence-electron chi connectivity index (χ4n) is 4.63. The average molecular weight is 533 g/mol. The Morgan fingerprint density at radius 3 is 2.54 bits per heavy atom. The summed E-state index contributed by atoms with van der Waals surface area (Å²) in [6, 6.07) is 5.95. The van der Waals surface area contributed by atoms with Gasteiger partial charge >= 0.3 is 5.56 Å². The fraction of sp³-hybridized carbons (Fsp3) is 0.375. The van der Waals surface area contributed by atoms with Gasteiger partial charge in [-0.15, -0.1) is 0 Å². The Kier molecular flexibility index (Phi) is 6.82. The molecule has 0 unspecified atom stereocenters. The lowest BCUT2D eigenvalue weighted by Gasteiger charge is -2.24. The third-order valence-corrected chi connectivity index (χ3v) is 8.30. The molecule has 1 aromatic carbocycles. The van der Waals surface area contributed by atoms with E-state index in [0.717, 1.165) is 42.5 Å². The molecule has 1 saturated carbocycles. The summed E-state index contributed by atoms with van der Waals surface area (Å²) in [4.78, 5) is 19.1. The largest absolute Gasteiger partial charge is 0.483 e. The number of anilines is 2. The van der Waals surface area contributed by atoms with Crippen molar-refractivity contribution in [3.63, 3.8) is 0 Å². The van der Waals surface area contributed by atoms with Crippen LogP contribution in [0.5, 0.6) is 5.75 Å². The van der Waals surface area contributed by atoms with Crippen molar-refractivity contribution < 1.29 is 21.9 Å². The molecule has 0 atom stereocenters. The zero-order valence-corrected chi connectivity index (χ0v) is 20.7. The van der Waals surface area contributed by atoms with Crippen molar-refractivity contribution in [2.75, 3.05) is 30.4 Å². The SMILES string of the molecule is Nc1ncccc1CS(=O)(=O)N1CCN(c2cnn(-c3cc(F)cc(F)c3)c(=O)c2OC2CCCC2)C1. The number of rotatable bonds is 7. The van der Waals surface area contributed by atoms with Gasteiger partial charge in [0, 0.05) is 30.9 Å². The van der Waals surface area contributed by atoms with E-state index >= 15 is 0 Å². The Balaban J connectivity index is 1.46. The highest BCUT2D eigenvalue weighted by Crippen LogP contribution is 2.32. The molecule has 2 N–H and O–H groups in total. The van der Waals surface area contributed by atoms with Gasteiger partial charge in [0.05, 0.1) is 30.4 Å². The molecule has 2 aliphatic rings. The molecule has 0 spiro atoms. The van der Waals surface area contributed by atoms with Crippen LogP contribution in [-0.2, 0) is 15.8 Å². The zero-order valence-electron chi connectivity index (χ0n) is 19.9. The van der Waals surface area contributed by atoms with Gasteiger partial charge in [-0.1, -0.05) is 6.07 Å². The summed E-state index contributed by atoms with van der Waals surface area (Å²) in [7, 11) is -3.74. The van der Waals surface area contributed by atoms with Crippen molar-refractivity contribution >= 4 is 21.5 Å². The number of benzene rings is 1. The molecule has 1 aliphatic carbocycles. The third kappa shape index (κ3) is 5.27. The lowest BCUT2D eigenvalue weighted by molar-refractivity contribution is 0.206. The van der Waals surface area contributed by atoms with Gasteiger partial charge in [0.15, 0.2) is 0 Å². The number of halogens is 2. The van der Waals surface area contributed by atoms with E-state index in [1.807, 2.05) is 0 Å². The first-order chi connectivity index (χ1) is 17.7. The van der Waals surface area contributed by atoms with Crippen molar-refractivity contribution in [1.29, 1.82) is 0 Å². The van der Waals surface area contributed by atoms with Crippen LogP contribution in [0.25, 0.3) is 5.69 Å². The number of hydrogen-bond donors (Lipinski definition) is 1. The number of aromatic nitrogens is 3. The van der Waals surface area contributed by atoms with Gasteiger partial charge in [-0.25, -0.2) is 22.2 Å². The van der Waals surface area contributed by atoms with Gasteiger partial charge in [0.1, 0.15) is 23.1 Å². The molecule has 2 aromatic heterocycles. The summed E-state index contributed by atoms with van der Waals surface area (Å²) in [5.41, 5.74) is 5.79. The summed E-state index contributed by atoms with van der Waals surface area (Å²) in [6.07, 6.45) is 6.11. The predicted molar refractivity (Wildman–Crippen MR) is 133 cm³/mol. The van der Waals surface area contributed by atoms with Gasteiger partial charge < -0.3 is 15.4 Å². The second kappa shape index (κ2) is 10.1. The van der Waals surface area contributed by atoms with Crippen LogP contribution < -0.4 is 20.9 Å². The highest BCUT2D eigenvalue weighted by Gasteiger charge is 2.33. The quantitative estimate of drug-likeness (QED) is 0.492. The first kappa shape index (κ1) is 25.1. The maximum Gasteiger partial charge on any atom is 0.316 e. The number of sulfonamides is 1. The number of hydrogen-bond acceptors (Lipinski definition) is 8. The molecule has 0 radical (unpaired) electrons. The van der Waals surface area contributed by atoms with Crippen LogP contribution in [0.1, 0.15) is 31.2 Å². The summed E-state index contributed by atoms with van der Waals surface area (Å²) in [6.45, 7) is 0.454. The molecule has 1 saturated heterocycles. The standard InChI is InChI=1S/C24H26F2N6O4S/c25-17-10-18(26)12-19(11-17)32-24(33)22(36-20-5-1-2-6-20)21(13-29-32)30-8-9-31(15-30)37(34,35)14-16-4-3-7-28-23(16)27/h3-4,7,10-13,20H,1-2,5-6,8-9,14-15H2,(H2,27,28). The van der Waals surface area contributed by atoms with Crippen LogP contribution in [-0.4, -0.2) is 53.3 Å². The maximum atomic E-state index is 13.8. The first-order valence-corrected chi connectivity index (χ1v) is 13.5. The van der Waals surface area contributed by atoms with Crippen LogP contribution in [0, 0.1) is 11.6 Å². The van der Waals surface area contributed by atoms with Gasteiger partial charge in [-0.05, 0) is 43.9 Å². The van der Waals surface area contributed by atoms with Gasteiger partial charge in [0.2, 0.25) is 15.8 Å². The Hall–Kier alpha value is -3.58. The second-order valence-electron chi connectivity index (χ2n) is 9.11. The maximum absolute atomic E-state index is 13.8. The minimum Gasteiger partial charge on any atom is -0.483 e. The van der Waals surface area contributed by atoms with Gasteiger partial charge in [0.25, 0.3) is 0 Å². The van der Waals surface area contributed by atoms with Crippen LogP contribution in [0.15, 0.2) is 47.5 Å². The Labute approximate surface area is 212 Å². The molecule has 3 aromatic rings. The van der Waals surface area contributed by atoms with Crippen LogP contribution in [0.2, 0.25) is 0 Å². The van der Waals surface area contributed by atoms with Crippen molar-refractivity contribution in [2.24, 2.45) is 0 Å². The normalized spacial score (nSPS) is 17.0. The molecule has 5 rings (SSSR count). The molecule has 0 bridgehead atoms. The fourth-order valence-corrected chi connectivity index (χ4v) is 6.13. The van der Waals surface area contributed by atoms with Crippen molar-refractivity contribution in [1.82, 2.24) is 19.1 Å². The minimum absolute atomic E-state index is 0.0246. The number of pyridine rings is 1. The third-order valence-electron chi connectivity index (χ3n) is 6.54. The monoisotopic (exact) mass is 532 g/mol. The van der Waals surface area contributed by atoms with E-state index < -0.39 is 27.2 Å². The molecule has 10 nitrogen and oxygen atoms in total. The average Bonchev–Trinajstić information content (AvgIpc) is 3.54. The summed E-state index contributed by atoms with van der Waals surface area (Å²) in [5, 5.41) is 4.13. The van der Waals surface area contributed by atoms with E-state index in [9.17, 15) is 22.0 Å². The second-order valence-corrected chi connectivity index (χ2v) is 11.1. The topological polar surface area (TPSA) is 124 Å². The highest BCUT2D eigenvalue weighted by atomic mass is 32.2. The zero-order chi connectivity index (χ0) is 26.2. The van der Waals surface area contributed by atoms with E-state index in [-0.39, 0.29) is 42.3 Å². The van der Waals surface area contributed by atoms with E-state index in [0.29, 0.717) is 23.9 Å². The number of nitrogens with zero attached hydrogens (tertiary/aromatic N) is 5. The van der Waals surface area contributed by atoms with Crippen molar-refractivity contribution in [2.45, 2.75) is 37.5 Å². The van der Waals surface area contributed by atoms with E-state index in [2.05, 4.69) is 10.1 Å². The highest BCUT2D eigenvalue weighted by molar-refractivity contribution is 7.88. The summed E-state index contributed by atoms with van der Waals surface area (Å²) in [5.74, 6) is -1.88. The minimum atomic E-state index is -3.74. The Morgan fingerprint density at radius 2 is 1.84 bits per heavy atom. The molecule has 196 valence electrons. The van der Waals surface area contributed by atoms with E-state index in [1.54, 1.807) is 17.0 Å².